The molecule has 0 spiro atoms. The maximum atomic E-state index is 15.1. The zero-order valence-electron chi connectivity index (χ0n) is 38.7. The molecule has 7 rings (SSSR count). The van der Waals surface area contributed by atoms with Gasteiger partial charge in [0.1, 0.15) is 23.8 Å². The van der Waals surface area contributed by atoms with Crippen LogP contribution in [-0.4, -0.2) is 115 Å². The molecule has 3 aromatic heterocycles. The van der Waals surface area contributed by atoms with E-state index in [9.17, 15) is 33.6 Å². The molecule has 21 heteroatoms. The minimum absolute atomic E-state index is 0.00942. The van der Waals surface area contributed by atoms with E-state index in [1.807, 2.05) is 49.4 Å². The Kier molecular flexibility index (Phi) is 16.2. The fourth-order valence-corrected chi connectivity index (χ4v) is 10.1. The minimum Gasteiger partial charge on any atom is -0.370 e. The molecule has 5 heterocycles. The van der Waals surface area contributed by atoms with Crippen LogP contribution < -0.4 is 38.5 Å². The summed E-state index contributed by atoms with van der Waals surface area (Å²) in [6.45, 7) is 3.74. The van der Waals surface area contributed by atoms with E-state index in [1.165, 1.54) is 10.5 Å². The fourth-order valence-electron chi connectivity index (χ4n) is 9.08. The van der Waals surface area contributed by atoms with Crippen LogP contribution in [0.25, 0.3) is 27.0 Å². The molecule has 0 unspecified atom stereocenters. The van der Waals surface area contributed by atoms with Crippen LogP contribution >= 0.6 is 11.3 Å². The molecule has 2 aliphatic heterocycles. The average molecular weight is 965 g/mol. The zero-order chi connectivity index (χ0) is 49.4. The first kappa shape index (κ1) is 49.9. The number of carbonyl (C=O) groups excluding carboxylic acids is 8. The number of para-hydroxylation sites is 1. The Morgan fingerprint density at radius 3 is 2.43 bits per heavy atom. The van der Waals surface area contributed by atoms with Gasteiger partial charge in [0.15, 0.2) is 5.78 Å². The second-order valence-corrected chi connectivity index (χ2v) is 19.2. The van der Waals surface area contributed by atoms with Crippen LogP contribution in [0.4, 0.5) is 0 Å². The van der Waals surface area contributed by atoms with Crippen molar-refractivity contribution in [3.63, 3.8) is 0 Å². The Morgan fingerprint density at radius 1 is 0.928 bits per heavy atom. The number of benzene rings is 1. The minimum atomic E-state index is -1.47. The summed E-state index contributed by atoms with van der Waals surface area (Å²) in [5.41, 5.74) is 20.7. The number of hydrogen-bond donors (Lipinski definition) is 8. The molecule has 0 radical (unpaired) electrons. The summed E-state index contributed by atoms with van der Waals surface area (Å²) in [6, 6.07) is 4.40. The van der Waals surface area contributed by atoms with Crippen LogP contribution in [0, 0.1) is 11.8 Å². The molecule has 20 nitrogen and oxygen atoms in total. The molecule has 1 aromatic carbocycles. The largest absolute Gasteiger partial charge is 0.370 e. The Hall–Kier alpha value is -7.00. The number of amides is 7. The van der Waals surface area contributed by atoms with E-state index < -0.39 is 114 Å². The molecule has 2 fully saturated rings. The van der Waals surface area contributed by atoms with Crippen molar-refractivity contribution < 1.29 is 38.4 Å². The molecular weight excluding hydrogens is 905 g/mol. The number of primary amides is 2. The second kappa shape index (κ2) is 22.4. The summed E-state index contributed by atoms with van der Waals surface area (Å²) >= 11 is 1.57. The Morgan fingerprint density at radius 2 is 1.70 bits per heavy atom. The smallest absolute Gasteiger partial charge is 0.243 e. The number of thiophene rings is 1. The third-order valence-electron chi connectivity index (χ3n) is 13.3. The number of aromatic amines is 1. The lowest BCUT2D eigenvalue weighted by Crippen LogP contribution is -2.57. The molecule has 3 aliphatic rings. The zero-order valence-corrected chi connectivity index (χ0v) is 39.5. The quantitative estimate of drug-likeness (QED) is 0.113. The molecular formula is C48H60N12O8S. The highest BCUT2D eigenvalue weighted by molar-refractivity contribution is 7.16. The number of rotatable bonds is 10. The maximum Gasteiger partial charge on any atom is 0.243 e. The number of allylic oxidation sites excluding steroid dienone is 4. The van der Waals surface area contributed by atoms with Crippen molar-refractivity contribution in [1.29, 1.82) is 0 Å². The van der Waals surface area contributed by atoms with Gasteiger partial charge in [0.05, 0.1) is 42.0 Å². The number of carbonyl (C=O) groups is 8. The first-order chi connectivity index (χ1) is 33.1. The molecule has 0 saturated carbocycles. The summed E-state index contributed by atoms with van der Waals surface area (Å²) in [4.78, 5) is 116. The monoisotopic (exact) mass is 964 g/mol. The van der Waals surface area contributed by atoms with Crippen LogP contribution in [0.2, 0.25) is 0 Å². The topological polar surface area (TPSA) is 312 Å². The molecule has 0 bridgehead atoms. The Labute approximate surface area is 402 Å². The number of ketones is 1. The number of fused-ring (bicyclic) bond motifs is 2. The summed E-state index contributed by atoms with van der Waals surface area (Å²) in [5, 5.41) is 20.5. The highest BCUT2D eigenvalue weighted by Crippen LogP contribution is 2.36. The lowest BCUT2D eigenvalue weighted by atomic mass is 9.84. The number of nitrogens with one attached hydrogen (secondary N) is 5. The van der Waals surface area contributed by atoms with E-state index >= 15 is 4.79 Å². The lowest BCUT2D eigenvalue weighted by molar-refractivity contribution is -0.145. The molecule has 1 aliphatic carbocycles. The first-order valence-corrected chi connectivity index (χ1v) is 24.2. The van der Waals surface area contributed by atoms with Gasteiger partial charge in [-0.05, 0) is 60.9 Å². The van der Waals surface area contributed by atoms with Crippen LogP contribution in [0.15, 0.2) is 67.0 Å². The van der Waals surface area contributed by atoms with E-state index in [1.54, 1.807) is 35.3 Å². The standard InChI is InChI=1S/C48H60N12O8S/c1-3-26(2)31-20-39(61)35(22-42(50)62)55-45(65)32(49)21-43(63)52-17-9-8-14-34(44(51)64)54-46(66)36(18-28-23-53-33-13-7-6-12-30(28)33)56-47(67)38-19-29(24-59(38)48(31)68)60-25-37(57-58-60)41-16-15-40(69-41)27-10-4-5-11-27/h4-7,10,12-13,15-16,23,25-26,29,31-32,34-36,38,53H,3,8-9,11,14,17-22,24,49H2,1-2H3,(H2,50,62)(H2,51,64)(H,52,63)(H,54,66)(H,55,65)(H,56,67)/t26-,29-,31-,32-,34-,35-,36-,38-/m0/s1. The van der Waals surface area contributed by atoms with E-state index in [0.717, 1.165) is 27.1 Å². The van der Waals surface area contributed by atoms with Crippen molar-refractivity contribution in [2.45, 2.75) is 114 Å². The van der Waals surface area contributed by atoms with Gasteiger partial charge in [0.2, 0.25) is 41.4 Å². The van der Waals surface area contributed by atoms with E-state index in [0.29, 0.717) is 30.5 Å². The van der Waals surface area contributed by atoms with Crippen molar-refractivity contribution in [1.82, 2.24) is 46.1 Å². The lowest BCUT2D eigenvalue weighted by Gasteiger charge is -2.32. The number of nitrogens with two attached hydrogens (primary N) is 3. The van der Waals surface area contributed by atoms with Gasteiger partial charge >= 0.3 is 0 Å². The van der Waals surface area contributed by atoms with Gasteiger partial charge in [-0.1, -0.05) is 61.9 Å². The van der Waals surface area contributed by atoms with Gasteiger partial charge < -0.3 is 48.4 Å². The number of hydrogen-bond acceptors (Lipinski definition) is 12. The average Bonchev–Trinajstić information content (AvgIpc) is 4.19. The number of H-pyrrole nitrogens is 1. The van der Waals surface area contributed by atoms with E-state index in [2.05, 4.69) is 48.7 Å². The highest BCUT2D eigenvalue weighted by atomic mass is 32.1. The maximum absolute atomic E-state index is 15.1. The van der Waals surface area contributed by atoms with Crippen LogP contribution in [0.3, 0.4) is 0 Å². The molecule has 7 amide bonds. The van der Waals surface area contributed by atoms with Gasteiger partial charge in [-0.25, -0.2) is 4.68 Å². The molecule has 366 valence electrons. The van der Waals surface area contributed by atoms with Crippen molar-refractivity contribution in [3.05, 3.63) is 77.5 Å². The molecule has 8 atom stereocenters. The molecule has 4 aromatic rings. The first-order valence-electron chi connectivity index (χ1n) is 23.4. The number of Topliss-reactive ketones (excluding diaryl/α,β-unsaturated/α-hetero) is 1. The van der Waals surface area contributed by atoms with Crippen molar-refractivity contribution in [2.75, 3.05) is 13.1 Å². The van der Waals surface area contributed by atoms with Gasteiger partial charge in [-0.2, -0.15) is 0 Å². The van der Waals surface area contributed by atoms with Gasteiger partial charge in [0, 0.05) is 60.2 Å². The molecule has 69 heavy (non-hydrogen) atoms. The normalized spacial score (nSPS) is 25.3. The molecule has 2 saturated heterocycles. The van der Waals surface area contributed by atoms with Crippen LogP contribution in [0.5, 0.6) is 0 Å². The Bertz CT molecular complexity index is 2650. The van der Waals surface area contributed by atoms with E-state index in [4.69, 9.17) is 17.2 Å². The number of nitrogens with zero attached hydrogens (tertiary/aromatic N) is 4. The van der Waals surface area contributed by atoms with Crippen molar-refractivity contribution in [2.24, 2.45) is 29.0 Å². The molecule has 11 N–H and O–H groups in total. The third-order valence-corrected chi connectivity index (χ3v) is 14.4. The van der Waals surface area contributed by atoms with Crippen molar-refractivity contribution in [3.8, 4) is 10.6 Å². The number of aromatic nitrogens is 4. The Balaban J connectivity index is 1.24. The summed E-state index contributed by atoms with van der Waals surface area (Å²) in [7, 11) is 0. The third kappa shape index (κ3) is 12.2. The highest BCUT2D eigenvalue weighted by Gasteiger charge is 2.45. The second-order valence-electron chi connectivity index (χ2n) is 18.1. The summed E-state index contributed by atoms with van der Waals surface area (Å²) < 4.78 is 1.62. The van der Waals surface area contributed by atoms with Gasteiger partial charge in [-0.15, -0.1) is 16.4 Å². The van der Waals surface area contributed by atoms with Crippen LogP contribution in [0.1, 0.15) is 88.1 Å². The summed E-state index contributed by atoms with van der Waals surface area (Å²) in [5.74, 6) is -7.23. The van der Waals surface area contributed by atoms with Crippen LogP contribution in [-0.2, 0) is 44.8 Å². The van der Waals surface area contributed by atoms with Gasteiger partial charge in [0.25, 0.3) is 0 Å². The predicted molar refractivity (Wildman–Crippen MR) is 257 cm³/mol. The SMILES string of the molecule is CC[C@H](C)[C@@H]1CC(=O)[C@H](CC(N)=O)NC(=O)[C@@H](N)CC(=O)NCCCC[C@@H](C(N)=O)NC(=O)[C@H](Cc2c[nH]c3ccccc23)NC(=O)[C@@H]2C[C@H](n3cc(-c4ccc(C5=CC=CC5)s4)nn3)CN2C1=O. The van der Waals surface area contributed by atoms with Crippen molar-refractivity contribution >= 4 is 74.9 Å². The van der Waals surface area contributed by atoms with Gasteiger partial charge in [-0.3, -0.25) is 38.4 Å². The summed E-state index contributed by atoms with van der Waals surface area (Å²) in [6.07, 6.45) is 10.3. The predicted octanol–water partition coefficient (Wildman–Crippen LogP) is 1.67. The van der Waals surface area contributed by atoms with E-state index in [-0.39, 0.29) is 32.4 Å². The fraction of sp³-hybridized carbons (Fsp3) is 0.458.